The van der Waals surface area contributed by atoms with Crippen LogP contribution in [0.5, 0.6) is 0 Å². The third-order valence-corrected chi connectivity index (χ3v) is 10.5. The molecule has 0 aromatic carbocycles. The molecule has 0 unspecified atom stereocenters. The summed E-state index contributed by atoms with van der Waals surface area (Å²) in [5, 5.41) is 3.91. The lowest BCUT2D eigenvalue weighted by Crippen LogP contribution is -2.54. The number of hydrogen-bond acceptors (Lipinski definition) is 5. The maximum absolute atomic E-state index is 11.1. The predicted octanol–water partition coefficient (Wildman–Crippen LogP) is 6.23. The summed E-state index contributed by atoms with van der Waals surface area (Å²) in [6, 6.07) is 5.72. The van der Waals surface area contributed by atoms with Crippen molar-refractivity contribution in [2.75, 3.05) is 6.54 Å². The Balaban J connectivity index is 0.000000398. The minimum Gasteiger partial charge on any atom is -0.265 e. The van der Waals surface area contributed by atoms with Crippen LogP contribution in [0.15, 0.2) is 35.7 Å². The molecular weight excluding hydrogens is 452 g/mol. The molecular formula is C25H38N4O4S. The highest BCUT2D eigenvalue weighted by molar-refractivity contribution is 7.80. The summed E-state index contributed by atoms with van der Waals surface area (Å²) in [4.78, 5) is 6.78. The Kier molecular flexibility index (Phi) is 7.58. The molecule has 4 aliphatic carbocycles. The Morgan fingerprint density at radius 1 is 1.03 bits per heavy atom. The molecule has 0 saturated heterocycles. The maximum atomic E-state index is 11.1. The molecule has 4 fully saturated rings. The van der Waals surface area contributed by atoms with Crippen molar-refractivity contribution in [3.63, 3.8) is 0 Å². The van der Waals surface area contributed by atoms with Crippen LogP contribution in [0, 0.1) is 40.4 Å². The van der Waals surface area contributed by atoms with Crippen LogP contribution >= 0.6 is 0 Å². The Hall–Kier alpha value is -1.67. The summed E-state index contributed by atoms with van der Waals surface area (Å²) < 4.78 is 36.3. The van der Waals surface area contributed by atoms with Crippen molar-refractivity contribution >= 4 is 10.4 Å². The molecule has 0 amide bonds. The summed E-state index contributed by atoms with van der Waals surface area (Å²) in [5.41, 5.74) is 9.28. The highest BCUT2D eigenvalue weighted by Gasteiger charge is 2.60. The fourth-order valence-corrected chi connectivity index (χ4v) is 8.85. The smallest absolute Gasteiger partial charge is 0.265 e. The molecule has 1 heterocycles. The molecule has 0 spiro atoms. The van der Waals surface area contributed by atoms with E-state index in [0.717, 1.165) is 31.1 Å². The van der Waals surface area contributed by atoms with E-state index in [4.69, 9.17) is 14.3 Å². The van der Waals surface area contributed by atoms with Gasteiger partial charge in [-0.2, -0.15) is 8.42 Å². The van der Waals surface area contributed by atoms with Crippen LogP contribution in [0.1, 0.15) is 71.6 Å². The molecule has 0 aliphatic heterocycles. The second kappa shape index (κ2) is 10.1. The minimum atomic E-state index is -4.37. The van der Waals surface area contributed by atoms with E-state index in [2.05, 4.69) is 28.9 Å². The Bertz CT molecular complexity index is 959. The van der Waals surface area contributed by atoms with Gasteiger partial charge >= 0.3 is 10.4 Å². The van der Waals surface area contributed by atoms with Crippen molar-refractivity contribution in [2.24, 2.45) is 45.5 Å². The van der Waals surface area contributed by atoms with Gasteiger partial charge in [0.25, 0.3) is 0 Å². The van der Waals surface area contributed by atoms with Gasteiger partial charge in [-0.05, 0) is 116 Å². The highest BCUT2D eigenvalue weighted by Crippen LogP contribution is 2.67. The van der Waals surface area contributed by atoms with Crippen LogP contribution in [-0.2, 0) is 14.6 Å². The van der Waals surface area contributed by atoms with Gasteiger partial charge < -0.3 is 0 Å². The summed E-state index contributed by atoms with van der Waals surface area (Å²) in [5.74, 6) is 3.12. The third kappa shape index (κ3) is 5.13. The van der Waals surface area contributed by atoms with Crippen molar-refractivity contribution in [1.82, 2.24) is 4.98 Å². The van der Waals surface area contributed by atoms with Crippen LogP contribution < -0.4 is 0 Å². The first-order valence-electron chi connectivity index (χ1n) is 12.7. The topological polar surface area (TPSA) is 125 Å². The molecule has 4 saturated carbocycles. The molecule has 0 radical (unpaired) electrons. The number of azide groups is 1. The zero-order valence-corrected chi connectivity index (χ0v) is 21.1. The number of rotatable bonds is 4. The van der Waals surface area contributed by atoms with E-state index in [1.54, 1.807) is 12.4 Å². The molecule has 0 bridgehead atoms. The molecule has 1 aromatic heterocycles. The van der Waals surface area contributed by atoms with Gasteiger partial charge in [-0.15, -0.1) is 0 Å². The summed E-state index contributed by atoms with van der Waals surface area (Å²) in [6.45, 7) is 5.49. The van der Waals surface area contributed by atoms with Crippen molar-refractivity contribution in [3.8, 4) is 0 Å². The van der Waals surface area contributed by atoms with Gasteiger partial charge in [0.05, 0.1) is 6.10 Å². The fourth-order valence-electron chi connectivity index (χ4n) is 8.33. The van der Waals surface area contributed by atoms with E-state index in [1.807, 2.05) is 18.2 Å². The van der Waals surface area contributed by atoms with Crippen molar-refractivity contribution in [1.29, 1.82) is 0 Å². The van der Waals surface area contributed by atoms with Crippen LogP contribution in [-0.4, -0.2) is 30.6 Å². The summed E-state index contributed by atoms with van der Waals surface area (Å²) in [6.07, 6.45) is 12.7. The highest BCUT2D eigenvalue weighted by atomic mass is 32.3. The van der Waals surface area contributed by atoms with Gasteiger partial charge in [-0.3, -0.25) is 9.54 Å². The third-order valence-electron chi connectivity index (χ3n) is 10.0. The predicted molar refractivity (Wildman–Crippen MR) is 130 cm³/mol. The van der Waals surface area contributed by atoms with Gasteiger partial charge in [-0.25, -0.2) is 4.18 Å². The zero-order valence-electron chi connectivity index (χ0n) is 20.3. The van der Waals surface area contributed by atoms with Gasteiger partial charge in [-0.1, -0.05) is 25.0 Å². The first-order chi connectivity index (χ1) is 16.2. The lowest BCUT2D eigenvalue weighted by molar-refractivity contribution is -0.123. The summed E-state index contributed by atoms with van der Waals surface area (Å²) >= 11 is 0. The summed E-state index contributed by atoms with van der Waals surface area (Å²) in [7, 11) is -4.37. The molecule has 34 heavy (non-hydrogen) atoms. The van der Waals surface area contributed by atoms with Crippen molar-refractivity contribution in [2.45, 2.75) is 77.7 Å². The Morgan fingerprint density at radius 3 is 2.35 bits per heavy atom. The quantitative estimate of drug-likeness (QED) is 0.232. The molecule has 1 N–H and O–H groups in total. The lowest BCUT2D eigenvalue weighted by Gasteiger charge is -2.61. The van der Waals surface area contributed by atoms with Crippen LogP contribution in [0.4, 0.5) is 0 Å². The van der Waals surface area contributed by atoms with E-state index in [-0.39, 0.29) is 11.5 Å². The van der Waals surface area contributed by atoms with E-state index < -0.39 is 10.4 Å². The maximum Gasteiger partial charge on any atom is 0.397 e. The van der Waals surface area contributed by atoms with Crippen LogP contribution in [0.2, 0.25) is 0 Å². The molecule has 8 atom stereocenters. The Morgan fingerprint density at radius 2 is 1.74 bits per heavy atom. The van der Waals surface area contributed by atoms with E-state index in [1.165, 1.54) is 32.1 Å². The fraction of sp³-hybridized carbons (Fsp3) is 0.800. The van der Waals surface area contributed by atoms with E-state index >= 15 is 0 Å². The Labute approximate surface area is 203 Å². The van der Waals surface area contributed by atoms with Crippen molar-refractivity contribution in [3.05, 3.63) is 41.0 Å². The number of nitrogens with zero attached hydrogens (tertiary/aromatic N) is 4. The first-order valence-corrected chi connectivity index (χ1v) is 14.1. The molecule has 188 valence electrons. The first kappa shape index (κ1) is 25.4. The lowest BCUT2D eigenvalue weighted by atomic mass is 9.44. The molecule has 4 aliphatic rings. The second-order valence-corrected chi connectivity index (χ2v) is 12.4. The van der Waals surface area contributed by atoms with E-state index in [0.29, 0.717) is 36.1 Å². The number of fused-ring (bicyclic) bond motifs is 5. The minimum absolute atomic E-state index is 0.242. The normalized spacial score (nSPS) is 41.0. The van der Waals surface area contributed by atoms with Gasteiger partial charge in [0, 0.05) is 23.9 Å². The van der Waals surface area contributed by atoms with Gasteiger partial charge in [0.15, 0.2) is 0 Å². The number of hydrogen-bond donors (Lipinski definition) is 1. The van der Waals surface area contributed by atoms with Crippen LogP contribution in [0.25, 0.3) is 10.4 Å². The number of aromatic nitrogens is 1. The average molecular weight is 491 g/mol. The largest absolute Gasteiger partial charge is 0.397 e. The average Bonchev–Trinajstić information content (AvgIpc) is 3.15. The molecule has 9 heteroatoms. The molecule has 8 nitrogen and oxygen atoms in total. The zero-order chi connectivity index (χ0) is 24.4. The van der Waals surface area contributed by atoms with Crippen molar-refractivity contribution < 1.29 is 17.2 Å². The van der Waals surface area contributed by atoms with Gasteiger partial charge in [0.1, 0.15) is 0 Å². The standard InChI is InChI=1S/C20H33N3O4S.C5H5N/c1-19-9-7-15(27-28(24,25)26)11-13(19)3-5-16-17-6-4-14(12-22-23-21)20(17,2)10-8-18(16)19;1-2-4-6-5-3-1/h13-18H,3-12H2,1-2H3,(H,24,25,26);1-5H/t13-,14-,15-,16+,17+,18+,19+,20-;/m1./s1. The number of pyridine rings is 1. The second-order valence-electron chi connectivity index (χ2n) is 11.3. The van der Waals surface area contributed by atoms with E-state index in [9.17, 15) is 8.42 Å². The SMILES string of the molecule is C[C@]12CC[C@@H](OS(=O)(=O)O)C[C@H]1CC[C@@H]1[C@@H]2CC[C@]2(C)[C@@H](CN=[N+]=[N-])CC[C@@H]12.c1ccncc1. The molecule has 1 aromatic rings. The van der Waals surface area contributed by atoms with Gasteiger partial charge in [0.2, 0.25) is 0 Å². The monoisotopic (exact) mass is 490 g/mol. The van der Waals surface area contributed by atoms with Crippen LogP contribution in [0.3, 0.4) is 0 Å². The molecule has 5 rings (SSSR count).